The molecule has 1 N–H and O–H groups in total. The van der Waals surface area contributed by atoms with Crippen molar-refractivity contribution in [2.45, 2.75) is 58.2 Å². The average Bonchev–Trinajstić information content (AvgIpc) is 3.90. The van der Waals surface area contributed by atoms with Gasteiger partial charge in [0.1, 0.15) is 29.4 Å². The minimum absolute atomic E-state index is 0.205. The van der Waals surface area contributed by atoms with E-state index in [9.17, 15) is 24.0 Å². The van der Waals surface area contributed by atoms with Crippen LogP contribution in [0, 0.1) is 9.20 Å². The summed E-state index contributed by atoms with van der Waals surface area (Å²) in [5, 5.41) is 8.97. The van der Waals surface area contributed by atoms with Crippen molar-refractivity contribution in [2.75, 3.05) is 11.4 Å². The fourth-order valence-electron chi connectivity index (χ4n) is 7.10. The van der Waals surface area contributed by atoms with E-state index in [1.807, 2.05) is 50.3 Å². The summed E-state index contributed by atoms with van der Waals surface area (Å²) in [5.41, 5.74) is 4.34. The summed E-state index contributed by atoms with van der Waals surface area (Å²) in [6.07, 6.45) is 8.38. The van der Waals surface area contributed by atoms with Gasteiger partial charge in [0.05, 0.1) is 11.1 Å². The normalized spacial score (nSPS) is 20.7. The molecule has 0 spiro atoms. The minimum Gasteiger partial charge on any atom is -0.478 e. The topological polar surface area (TPSA) is 122 Å². The second-order valence-electron chi connectivity index (χ2n) is 12.1. The molecule has 2 atom stereocenters. The number of thiazole rings is 2. The first-order chi connectivity index (χ1) is 24.1. The van der Waals surface area contributed by atoms with Gasteiger partial charge >= 0.3 is 5.97 Å². The lowest BCUT2D eigenvalue weighted by Crippen LogP contribution is -2.31. The first-order valence-electron chi connectivity index (χ1n) is 16.3. The van der Waals surface area contributed by atoms with Crippen LogP contribution >= 0.6 is 46.7 Å². The van der Waals surface area contributed by atoms with Gasteiger partial charge in [-0.05, 0) is 79.8 Å². The first-order valence-corrected chi connectivity index (χ1v) is 19.1. The molecule has 0 radical (unpaired) electrons. The zero-order chi connectivity index (χ0) is 35.3. The second-order valence-corrected chi connectivity index (χ2v) is 15.8. The van der Waals surface area contributed by atoms with Crippen molar-refractivity contribution in [2.24, 2.45) is 0 Å². The predicted octanol–water partition coefficient (Wildman–Crippen LogP) is 4.34. The van der Waals surface area contributed by atoms with Gasteiger partial charge in [0.15, 0.2) is 0 Å². The number of aliphatic carboxylic acids is 1. The van der Waals surface area contributed by atoms with E-state index >= 15 is 0 Å². The van der Waals surface area contributed by atoms with Gasteiger partial charge in [-0.15, -0.1) is 22.7 Å². The highest BCUT2D eigenvalue weighted by Crippen LogP contribution is 2.52. The van der Waals surface area contributed by atoms with Crippen molar-refractivity contribution in [3.63, 3.8) is 0 Å². The van der Waals surface area contributed by atoms with Crippen LogP contribution in [0.3, 0.4) is 0 Å². The van der Waals surface area contributed by atoms with E-state index in [1.54, 1.807) is 6.08 Å². The van der Waals surface area contributed by atoms with Gasteiger partial charge in [0.2, 0.25) is 0 Å². The van der Waals surface area contributed by atoms with Gasteiger partial charge in [0, 0.05) is 42.5 Å². The Morgan fingerprint density at radius 3 is 2.40 bits per heavy atom. The third kappa shape index (κ3) is 5.83. The van der Waals surface area contributed by atoms with E-state index in [1.165, 1.54) is 42.7 Å². The van der Waals surface area contributed by atoms with Gasteiger partial charge in [-0.1, -0.05) is 48.6 Å². The number of hydrogen-bond donors (Lipinski definition) is 1. The molecule has 3 aliphatic rings. The Kier molecular flexibility index (Phi) is 9.37. The van der Waals surface area contributed by atoms with Crippen LogP contribution in [0.5, 0.6) is 0 Å². The van der Waals surface area contributed by atoms with Crippen molar-refractivity contribution >= 4 is 97.6 Å². The van der Waals surface area contributed by atoms with Crippen LogP contribution in [0.1, 0.15) is 55.7 Å². The first kappa shape index (κ1) is 34.1. The Bertz CT molecular complexity index is 2460. The molecule has 0 bridgehead atoms. The number of rotatable bonds is 8. The average molecular weight is 745 g/mol. The third-order valence-corrected chi connectivity index (χ3v) is 13.3. The number of hydrogen-bond acceptors (Lipinski definition) is 10. The highest BCUT2D eigenvalue weighted by atomic mass is 32.2. The number of carboxylic acid groups (broad SMARTS) is 1. The number of carbonyl (C=O) groups excluding carboxylic acids is 2. The number of benzene rings is 2. The molecular formula is C36H32N4O6S4. The standard InChI is InChI=1S/C36H32N4O6S4/c1-3-37-32(45)29(49-34(37)30-33(46)38(4-2)36(47)50-30)35-39(16-17-41)31(44)27(48-35)19-21-10-14-26-24(18-21)23-6-5-7-25(23)40(26)22-12-8-20(9-13-22)11-15-28(42)43/h8-15,17-19,23,25H,3-7,16H2,1-2H3,(H,42,43)/b15-11?,27-19-,34-30+,35-29+. The van der Waals surface area contributed by atoms with Crippen molar-refractivity contribution in [1.82, 2.24) is 14.0 Å². The molecule has 2 fully saturated rings. The van der Waals surface area contributed by atoms with E-state index in [0.717, 1.165) is 59.2 Å². The molecular weight excluding hydrogens is 713 g/mol. The maximum atomic E-state index is 13.8. The van der Waals surface area contributed by atoms with Gasteiger partial charge in [0.25, 0.3) is 17.0 Å². The summed E-state index contributed by atoms with van der Waals surface area (Å²) >= 11 is 8.90. The number of thiocarbonyl (C=S) groups is 1. The summed E-state index contributed by atoms with van der Waals surface area (Å²) in [5.74, 6) is -0.902. The molecule has 10 nitrogen and oxygen atoms in total. The van der Waals surface area contributed by atoms with Crippen molar-refractivity contribution in [3.05, 3.63) is 104 Å². The number of anilines is 2. The molecule has 256 valence electrons. The zero-order valence-electron chi connectivity index (χ0n) is 27.2. The fourth-order valence-corrected chi connectivity index (χ4v) is 11.1. The SMILES string of the molecule is CCN1C(=O)/C(=c2\s/c(=c3/s/c(=C\c4ccc5c(c4)C4CCCC4N5c4ccc(C=CC(=O)O)cc4)c(=O)n3CC=O)c(=O)n2CC)SC1=S. The number of aromatic nitrogens is 2. The lowest BCUT2D eigenvalue weighted by atomic mass is 9.96. The maximum absolute atomic E-state index is 13.8. The summed E-state index contributed by atoms with van der Waals surface area (Å²) in [6.45, 7) is 4.21. The van der Waals surface area contributed by atoms with E-state index < -0.39 is 5.97 Å². The molecule has 1 saturated heterocycles. The summed E-state index contributed by atoms with van der Waals surface area (Å²) in [7, 11) is 0. The van der Waals surface area contributed by atoms with Crippen molar-refractivity contribution < 1.29 is 19.5 Å². The van der Waals surface area contributed by atoms with Crippen LogP contribution in [0.25, 0.3) is 17.1 Å². The Balaban J connectivity index is 1.34. The van der Waals surface area contributed by atoms with Crippen molar-refractivity contribution in [3.8, 4) is 0 Å². The maximum Gasteiger partial charge on any atom is 0.328 e. The monoisotopic (exact) mass is 744 g/mol. The molecule has 1 saturated carbocycles. The number of thioether (sulfide) groups is 1. The molecule has 2 unspecified atom stereocenters. The van der Waals surface area contributed by atoms with Crippen LogP contribution in [-0.2, 0) is 27.5 Å². The second kappa shape index (κ2) is 13.7. The predicted molar refractivity (Wildman–Crippen MR) is 202 cm³/mol. The lowest BCUT2D eigenvalue weighted by molar-refractivity contribution is -0.131. The van der Waals surface area contributed by atoms with E-state index in [2.05, 4.69) is 17.0 Å². The molecule has 4 aromatic rings. The van der Waals surface area contributed by atoms with Gasteiger partial charge in [-0.3, -0.25) is 28.4 Å². The highest BCUT2D eigenvalue weighted by Gasteiger charge is 2.42. The molecule has 14 heteroatoms. The fraction of sp³-hybridized carbons (Fsp3) is 0.278. The highest BCUT2D eigenvalue weighted by molar-refractivity contribution is 8.30. The lowest BCUT2D eigenvalue weighted by Gasteiger charge is -2.27. The number of aldehydes is 1. The molecule has 50 heavy (non-hydrogen) atoms. The number of carboxylic acids is 1. The van der Waals surface area contributed by atoms with Crippen LogP contribution in [-0.4, -0.2) is 54.2 Å². The Morgan fingerprint density at radius 2 is 1.72 bits per heavy atom. The van der Waals surface area contributed by atoms with E-state index in [4.69, 9.17) is 17.3 Å². The van der Waals surface area contributed by atoms with Crippen LogP contribution < -0.4 is 25.2 Å². The number of fused-ring (bicyclic) bond motifs is 3. The van der Waals surface area contributed by atoms with Crippen LogP contribution in [0.2, 0.25) is 0 Å². The summed E-state index contributed by atoms with van der Waals surface area (Å²) in [4.78, 5) is 67.7. The Hall–Kier alpha value is -4.37. The van der Waals surface area contributed by atoms with E-state index in [-0.39, 0.29) is 23.6 Å². The largest absolute Gasteiger partial charge is 0.478 e. The molecule has 2 aliphatic heterocycles. The third-order valence-electron chi connectivity index (χ3n) is 9.33. The minimum atomic E-state index is -0.990. The van der Waals surface area contributed by atoms with E-state index in [0.29, 0.717) is 59.0 Å². The number of amides is 1. The molecule has 4 heterocycles. The van der Waals surface area contributed by atoms with Crippen molar-refractivity contribution in [1.29, 1.82) is 0 Å². The molecule has 1 aliphatic carbocycles. The zero-order valence-corrected chi connectivity index (χ0v) is 30.4. The number of nitrogens with zero attached hydrogens (tertiary/aromatic N) is 4. The van der Waals surface area contributed by atoms with Gasteiger partial charge < -0.3 is 14.8 Å². The quantitative estimate of drug-likeness (QED) is 0.160. The van der Waals surface area contributed by atoms with Gasteiger partial charge in [-0.25, -0.2) is 4.79 Å². The molecule has 7 rings (SSSR count). The molecule has 1 amide bonds. The summed E-state index contributed by atoms with van der Waals surface area (Å²) < 4.78 is 4.89. The smallest absolute Gasteiger partial charge is 0.328 e. The van der Waals surface area contributed by atoms with Crippen LogP contribution in [0.15, 0.2) is 58.1 Å². The summed E-state index contributed by atoms with van der Waals surface area (Å²) in [6, 6.07) is 14.4. The Morgan fingerprint density at radius 1 is 0.960 bits per heavy atom. The molecule has 2 aromatic heterocycles. The van der Waals surface area contributed by atoms with Gasteiger partial charge in [-0.2, -0.15) is 0 Å². The number of carbonyl (C=O) groups is 3. The Labute approximate surface area is 303 Å². The van der Waals surface area contributed by atoms with Crippen LogP contribution in [0.4, 0.5) is 11.4 Å². The molecule has 2 aromatic carbocycles.